The lowest BCUT2D eigenvalue weighted by Crippen LogP contribution is -2.02. The van der Waals surface area contributed by atoms with Crippen molar-refractivity contribution in [3.63, 3.8) is 0 Å². The van der Waals surface area contributed by atoms with Crippen LogP contribution in [-0.2, 0) is 17.6 Å². The zero-order valence-electron chi connectivity index (χ0n) is 10.8. The van der Waals surface area contributed by atoms with Crippen molar-refractivity contribution in [3.8, 4) is 0 Å². The molecule has 5 nitrogen and oxygen atoms in total. The number of hydrogen-bond donors (Lipinski definition) is 1. The molecule has 96 valence electrons. The fraction of sp³-hybridized carbons (Fsp3) is 0.462. The summed E-state index contributed by atoms with van der Waals surface area (Å²) < 4.78 is 1.84. The lowest BCUT2D eigenvalue weighted by Gasteiger charge is -2.06. The summed E-state index contributed by atoms with van der Waals surface area (Å²) in [4.78, 5) is 19.5. The van der Waals surface area contributed by atoms with Gasteiger partial charge in [0.15, 0.2) is 0 Å². The van der Waals surface area contributed by atoms with E-state index in [1.165, 1.54) is 0 Å². The molecule has 18 heavy (non-hydrogen) atoms. The molecule has 0 aliphatic rings. The Bertz CT molecular complexity index is 587. The molecule has 0 aliphatic heterocycles. The molecule has 1 N–H and O–H groups in total. The zero-order chi connectivity index (χ0) is 13.3. The van der Waals surface area contributed by atoms with Gasteiger partial charge in [-0.2, -0.15) is 0 Å². The summed E-state index contributed by atoms with van der Waals surface area (Å²) in [5.74, 6) is 0.506. The molecule has 0 saturated heterocycles. The molecular formula is C13H17N3O2. The molecule has 0 amide bonds. The largest absolute Gasteiger partial charge is 0.481 e. The quantitative estimate of drug-likeness (QED) is 0.895. The van der Waals surface area contributed by atoms with Gasteiger partial charge in [-0.05, 0) is 19.3 Å². The van der Waals surface area contributed by atoms with Crippen LogP contribution in [-0.4, -0.2) is 25.4 Å². The SMILES string of the molecule is Cc1nc(CC(C)C)cc2nc(CC(=O)O)cn12. The highest BCUT2D eigenvalue weighted by molar-refractivity contribution is 5.69. The van der Waals surface area contributed by atoms with E-state index in [2.05, 4.69) is 23.8 Å². The van der Waals surface area contributed by atoms with E-state index in [0.29, 0.717) is 11.6 Å². The average Bonchev–Trinajstić information content (AvgIpc) is 2.58. The summed E-state index contributed by atoms with van der Waals surface area (Å²) in [5.41, 5.74) is 2.34. The Morgan fingerprint density at radius 2 is 2.11 bits per heavy atom. The van der Waals surface area contributed by atoms with Gasteiger partial charge in [0.25, 0.3) is 0 Å². The number of rotatable bonds is 4. The van der Waals surface area contributed by atoms with E-state index >= 15 is 0 Å². The highest BCUT2D eigenvalue weighted by Crippen LogP contribution is 2.12. The van der Waals surface area contributed by atoms with Crippen molar-refractivity contribution in [1.82, 2.24) is 14.4 Å². The smallest absolute Gasteiger partial charge is 0.309 e. The topological polar surface area (TPSA) is 67.5 Å². The number of imidazole rings is 1. The molecule has 0 aromatic carbocycles. The summed E-state index contributed by atoms with van der Waals surface area (Å²) in [6.07, 6.45) is 2.59. The van der Waals surface area contributed by atoms with Crippen LogP contribution in [0.4, 0.5) is 0 Å². The molecule has 0 spiro atoms. The fourth-order valence-electron chi connectivity index (χ4n) is 2.01. The Balaban J connectivity index is 2.42. The first-order valence-corrected chi connectivity index (χ1v) is 6.02. The number of aryl methyl sites for hydroxylation is 1. The highest BCUT2D eigenvalue weighted by Gasteiger charge is 2.10. The van der Waals surface area contributed by atoms with Crippen LogP contribution < -0.4 is 0 Å². The Morgan fingerprint density at radius 1 is 1.39 bits per heavy atom. The molecule has 2 aromatic rings. The first kappa shape index (κ1) is 12.5. The number of carboxylic acid groups (broad SMARTS) is 1. The maximum absolute atomic E-state index is 10.7. The van der Waals surface area contributed by atoms with E-state index in [-0.39, 0.29) is 6.42 Å². The minimum atomic E-state index is -0.869. The summed E-state index contributed by atoms with van der Waals surface area (Å²) in [6.45, 7) is 6.19. The van der Waals surface area contributed by atoms with Crippen LogP contribution in [0, 0.1) is 12.8 Å². The second-order valence-electron chi connectivity index (χ2n) is 4.92. The van der Waals surface area contributed by atoms with Crippen LogP contribution in [0.2, 0.25) is 0 Å². The number of fused-ring (bicyclic) bond motifs is 1. The van der Waals surface area contributed by atoms with Gasteiger partial charge < -0.3 is 5.11 Å². The maximum atomic E-state index is 10.7. The normalized spacial score (nSPS) is 11.3. The maximum Gasteiger partial charge on any atom is 0.309 e. The Hall–Kier alpha value is -1.91. The van der Waals surface area contributed by atoms with Crippen LogP contribution in [0.3, 0.4) is 0 Å². The third kappa shape index (κ3) is 2.67. The van der Waals surface area contributed by atoms with Gasteiger partial charge in [-0.25, -0.2) is 9.97 Å². The molecule has 0 unspecified atom stereocenters. The average molecular weight is 247 g/mol. The van der Waals surface area contributed by atoms with Gasteiger partial charge in [0.1, 0.15) is 11.5 Å². The summed E-state index contributed by atoms with van der Waals surface area (Å²) in [5, 5.41) is 8.77. The van der Waals surface area contributed by atoms with Crippen LogP contribution in [0.15, 0.2) is 12.3 Å². The van der Waals surface area contributed by atoms with Gasteiger partial charge in [0.05, 0.1) is 12.1 Å². The van der Waals surface area contributed by atoms with Gasteiger partial charge in [0, 0.05) is 18.0 Å². The third-order valence-corrected chi connectivity index (χ3v) is 2.68. The van der Waals surface area contributed by atoms with E-state index in [0.717, 1.165) is 23.6 Å². The molecule has 2 rings (SSSR count). The molecule has 2 aromatic heterocycles. The van der Waals surface area contributed by atoms with E-state index in [1.54, 1.807) is 6.20 Å². The first-order valence-electron chi connectivity index (χ1n) is 6.02. The lowest BCUT2D eigenvalue weighted by atomic mass is 10.1. The van der Waals surface area contributed by atoms with E-state index in [9.17, 15) is 4.79 Å². The van der Waals surface area contributed by atoms with Crippen molar-refractivity contribution in [1.29, 1.82) is 0 Å². The molecule has 0 fully saturated rings. The molecule has 0 saturated carbocycles. The Labute approximate surface area is 105 Å². The minimum absolute atomic E-state index is 0.0549. The predicted octanol–water partition coefficient (Wildman–Crippen LogP) is 1.86. The molecule has 0 bridgehead atoms. The van der Waals surface area contributed by atoms with Crippen LogP contribution >= 0.6 is 0 Å². The van der Waals surface area contributed by atoms with Crippen molar-refractivity contribution < 1.29 is 9.90 Å². The minimum Gasteiger partial charge on any atom is -0.481 e. The number of aliphatic carboxylic acids is 1. The Kier molecular flexibility index (Phi) is 3.32. The number of aromatic nitrogens is 3. The second kappa shape index (κ2) is 4.76. The van der Waals surface area contributed by atoms with Gasteiger partial charge in [-0.15, -0.1) is 0 Å². The van der Waals surface area contributed by atoms with Crippen LogP contribution in [0.25, 0.3) is 5.65 Å². The highest BCUT2D eigenvalue weighted by atomic mass is 16.4. The second-order valence-corrected chi connectivity index (χ2v) is 4.92. The van der Waals surface area contributed by atoms with E-state index < -0.39 is 5.97 Å². The van der Waals surface area contributed by atoms with Crippen LogP contribution in [0.5, 0.6) is 0 Å². The number of carboxylic acids is 1. The van der Waals surface area contributed by atoms with Gasteiger partial charge in [-0.3, -0.25) is 9.20 Å². The molecule has 5 heteroatoms. The van der Waals surface area contributed by atoms with E-state index in [4.69, 9.17) is 5.11 Å². The molecule has 0 radical (unpaired) electrons. The fourth-order valence-corrected chi connectivity index (χ4v) is 2.01. The number of hydrogen-bond acceptors (Lipinski definition) is 3. The first-order chi connectivity index (χ1) is 8.45. The van der Waals surface area contributed by atoms with Gasteiger partial charge in [0.2, 0.25) is 0 Å². The summed E-state index contributed by atoms with van der Waals surface area (Å²) in [6, 6.07) is 1.93. The summed E-state index contributed by atoms with van der Waals surface area (Å²) >= 11 is 0. The third-order valence-electron chi connectivity index (χ3n) is 2.68. The van der Waals surface area contributed by atoms with Gasteiger partial charge in [-0.1, -0.05) is 13.8 Å². The van der Waals surface area contributed by atoms with E-state index in [1.807, 2.05) is 17.4 Å². The van der Waals surface area contributed by atoms with Crippen molar-refractivity contribution in [2.24, 2.45) is 5.92 Å². The van der Waals surface area contributed by atoms with Crippen molar-refractivity contribution in [2.45, 2.75) is 33.6 Å². The molecule has 2 heterocycles. The number of carbonyl (C=O) groups is 1. The molecule has 0 aliphatic carbocycles. The van der Waals surface area contributed by atoms with Crippen LogP contribution in [0.1, 0.15) is 31.1 Å². The van der Waals surface area contributed by atoms with Crippen molar-refractivity contribution in [3.05, 3.63) is 29.5 Å². The molecular weight excluding hydrogens is 230 g/mol. The van der Waals surface area contributed by atoms with Crippen molar-refractivity contribution in [2.75, 3.05) is 0 Å². The lowest BCUT2D eigenvalue weighted by molar-refractivity contribution is -0.136. The predicted molar refractivity (Wildman–Crippen MR) is 67.6 cm³/mol. The Morgan fingerprint density at radius 3 is 2.72 bits per heavy atom. The standard InChI is InChI=1S/C13H17N3O2/c1-8(2)4-10-5-12-15-11(6-13(17)18)7-16(12)9(3)14-10/h5,7-8H,4,6H2,1-3H3,(H,17,18). The number of nitrogens with zero attached hydrogens (tertiary/aromatic N) is 3. The van der Waals surface area contributed by atoms with Gasteiger partial charge >= 0.3 is 5.97 Å². The molecule has 0 atom stereocenters. The van der Waals surface area contributed by atoms with Crippen molar-refractivity contribution >= 4 is 11.6 Å². The monoisotopic (exact) mass is 247 g/mol. The zero-order valence-corrected chi connectivity index (χ0v) is 10.8. The summed E-state index contributed by atoms with van der Waals surface area (Å²) in [7, 11) is 0.